The summed E-state index contributed by atoms with van der Waals surface area (Å²) in [7, 11) is 0. The van der Waals surface area contributed by atoms with Gasteiger partial charge >= 0.3 is 0 Å². The zero-order valence-electron chi connectivity index (χ0n) is 16.6. The number of amides is 2. The van der Waals surface area contributed by atoms with E-state index in [1.54, 1.807) is 0 Å². The van der Waals surface area contributed by atoms with Gasteiger partial charge in [0.2, 0.25) is 11.8 Å². The standard InChI is InChI=1S/C22H29N3O2S/c1-2-6-21(27)25-22-24-18-11-9-17(15-19(18)28-22)10-12-20(26)23-14-13-16-7-4-3-5-8-16/h7,9,11,15H,2-6,8,10,12-14H2,1H3,(H,23,26)(H,24,25,27). The minimum absolute atomic E-state index is 0.00226. The van der Waals surface area contributed by atoms with Crippen LogP contribution in [0, 0.1) is 0 Å². The van der Waals surface area contributed by atoms with Crippen LogP contribution in [0.1, 0.15) is 63.9 Å². The molecule has 0 unspecified atom stereocenters. The number of hydrogen-bond donors (Lipinski definition) is 2. The Bertz CT molecular complexity index is 857. The fourth-order valence-corrected chi connectivity index (χ4v) is 4.37. The topological polar surface area (TPSA) is 71.1 Å². The van der Waals surface area contributed by atoms with Crippen molar-refractivity contribution in [3.8, 4) is 0 Å². The Morgan fingerprint density at radius 3 is 2.82 bits per heavy atom. The van der Waals surface area contributed by atoms with E-state index < -0.39 is 0 Å². The van der Waals surface area contributed by atoms with Crippen molar-refractivity contribution in [2.24, 2.45) is 0 Å². The third kappa shape index (κ3) is 6.16. The third-order valence-corrected chi connectivity index (χ3v) is 5.90. The highest BCUT2D eigenvalue weighted by Gasteiger charge is 2.09. The summed E-state index contributed by atoms with van der Waals surface area (Å²) in [6.07, 6.45) is 10.8. The number of hydrogen-bond acceptors (Lipinski definition) is 4. The van der Waals surface area contributed by atoms with Gasteiger partial charge in [-0.05, 0) is 62.6 Å². The van der Waals surface area contributed by atoms with E-state index in [0.717, 1.165) is 35.2 Å². The molecule has 0 spiro atoms. The molecule has 1 aliphatic rings. The molecule has 1 aliphatic carbocycles. The molecule has 0 atom stereocenters. The van der Waals surface area contributed by atoms with Gasteiger partial charge < -0.3 is 10.6 Å². The van der Waals surface area contributed by atoms with E-state index in [4.69, 9.17) is 0 Å². The van der Waals surface area contributed by atoms with Gasteiger partial charge in [0.1, 0.15) is 0 Å². The molecule has 2 N–H and O–H groups in total. The summed E-state index contributed by atoms with van der Waals surface area (Å²) in [6, 6.07) is 6.05. The van der Waals surface area contributed by atoms with Crippen LogP contribution in [0.25, 0.3) is 10.2 Å². The molecule has 2 amide bonds. The number of benzene rings is 1. The number of thiazole rings is 1. The van der Waals surface area contributed by atoms with Gasteiger partial charge in [-0.25, -0.2) is 4.98 Å². The Morgan fingerprint density at radius 1 is 1.14 bits per heavy atom. The number of aromatic nitrogens is 1. The average Bonchev–Trinajstić information content (AvgIpc) is 3.08. The fraction of sp³-hybridized carbons (Fsp3) is 0.500. The Labute approximate surface area is 170 Å². The van der Waals surface area contributed by atoms with Gasteiger partial charge in [0, 0.05) is 19.4 Å². The molecule has 1 aromatic carbocycles. The lowest BCUT2D eigenvalue weighted by Gasteiger charge is -2.12. The van der Waals surface area contributed by atoms with Gasteiger partial charge in [0.15, 0.2) is 5.13 Å². The fourth-order valence-electron chi connectivity index (χ4n) is 3.43. The quantitative estimate of drug-likeness (QED) is 0.585. The largest absolute Gasteiger partial charge is 0.356 e. The zero-order valence-corrected chi connectivity index (χ0v) is 17.4. The van der Waals surface area contributed by atoms with Gasteiger partial charge in [0.05, 0.1) is 10.2 Å². The lowest BCUT2D eigenvalue weighted by atomic mass is 9.97. The van der Waals surface area contributed by atoms with Crippen LogP contribution in [-0.2, 0) is 16.0 Å². The first-order chi connectivity index (χ1) is 13.6. The molecular formula is C22H29N3O2S. The lowest BCUT2D eigenvalue weighted by Crippen LogP contribution is -2.25. The van der Waals surface area contributed by atoms with E-state index in [9.17, 15) is 9.59 Å². The van der Waals surface area contributed by atoms with E-state index in [1.807, 2.05) is 19.1 Å². The summed E-state index contributed by atoms with van der Waals surface area (Å²) in [5.41, 5.74) is 3.49. The van der Waals surface area contributed by atoms with Gasteiger partial charge in [-0.3, -0.25) is 9.59 Å². The maximum Gasteiger partial charge on any atom is 0.226 e. The van der Waals surface area contributed by atoms with Crippen molar-refractivity contribution in [3.63, 3.8) is 0 Å². The molecule has 0 bridgehead atoms. The Morgan fingerprint density at radius 2 is 2.04 bits per heavy atom. The smallest absolute Gasteiger partial charge is 0.226 e. The molecule has 0 radical (unpaired) electrons. The first-order valence-corrected chi connectivity index (χ1v) is 11.1. The molecule has 2 aromatic rings. The van der Waals surface area contributed by atoms with Crippen molar-refractivity contribution in [2.45, 2.75) is 64.7 Å². The Hall–Kier alpha value is -2.21. The Balaban J connectivity index is 1.46. The van der Waals surface area contributed by atoms with Crippen LogP contribution >= 0.6 is 11.3 Å². The maximum absolute atomic E-state index is 12.1. The minimum atomic E-state index is 0.00226. The first-order valence-electron chi connectivity index (χ1n) is 10.3. The number of carbonyl (C=O) groups excluding carboxylic acids is 2. The highest BCUT2D eigenvalue weighted by Crippen LogP contribution is 2.27. The average molecular weight is 400 g/mol. The van der Waals surface area contributed by atoms with Gasteiger partial charge in [-0.2, -0.15) is 0 Å². The first kappa shape index (κ1) is 20.5. The number of allylic oxidation sites excluding steroid dienone is 1. The van der Waals surface area contributed by atoms with Gasteiger partial charge in [0.25, 0.3) is 0 Å². The molecule has 0 fully saturated rings. The highest BCUT2D eigenvalue weighted by molar-refractivity contribution is 7.22. The van der Waals surface area contributed by atoms with Crippen molar-refractivity contribution < 1.29 is 9.59 Å². The summed E-state index contributed by atoms with van der Waals surface area (Å²) in [5, 5.41) is 6.53. The van der Waals surface area contributed by atoms with E-state index >= 15 is 0 Å². The molecule has 5 nitrogen and oxygen atoms in total. The predicted molar refractivity (Wildman–Crippen MR) is 116 cm³/mol. The lowest BCUT2D eigenvalue weighted by molar-refractivity contribution is -0.121. The second kappa shape index (κ2) is 10.4. The number of rotatable bonds is 9. The summed E-state index contributed by atoms with van der Waals surface area (Å²) in [4.78, 5) is 28.3. The van der Waals surface area contributed by atoms with Crippen molar-refractivity contribution in [2.75, 3.05) is 11.9 Å². The normalized spacial score (nSPS) is 14.0. The summed E-state index contributed by atoms with van der Waals surface area (Å²) in [5.74, 6) is 0.107. The van der Waals surface area contributed by atoms with E-state index in [0.29, 0.717) is 24.4 Å². The summed E-state index contributed by atoms with van der Waals surface area (Å²) >= 11 is 1.48. The Kier molecular flexibility index (Phi) is 7.60. The van der Waals surface area contributed by atoms with Crippen LogP contribution < -0.4 is 10.6 Å². The third-order valence-electron chi connectivity index (χ3n) is 4.97. The molecule has 28 heavy (non-hydrogen) atoms. The molecule has 1 aromatic heterocycles. The molecule has 0 saturated carbocycles. The zero-order chi connectivity index (χ0) is 19.8. The molecule has 3 rings (SSSR count). The highest BCUT2D eigenvalue weighted by atomic mass is 32.1. The van der Waals surface area contributed by atoms with Crippen molar-refractivity contribution >= 4 is 38.5 Å². The van der Waals surface area contributed by atoms with Crippen molar-refractivity contribution in [1.29, 1.82) is 0 Å². The van der Waals surface area contributed by atoms with Crippen LogP contribution in [0.2, 0.25) is 0 Å². The molecule has 150 valence electrons. The van der Waals surface area contributed by atoms with Crippen molar-refractivity contribution in [3.05, 3.63) is 35.4 Å². The van der Waals surface area contributed by atoms with E-state index in [-0.39, 0.29) is 11.8 Å². The second-order valence-corrected chi connectivity index (χ2v) is 8.36. The molecule has 0 saturated heterocycles. The summed E-state index contributed by atoms with van der Waals surface area (Å²) in [6.45, 7) is 2.72. The van der Waals surface area contributed by atoms with Gasteiger partial charge in [-0.1, -0.05) is 36.0 Å². The number of nitrogens with zero attached hydrogens (tertiary/aromatic N) is 1. The summed E-state index contributed by atoms with van der Waals surface area (Å²) < 4.78 is 1.04. The van der Waals surface area contributed by atoms with Crippen LogP contribution in [0.15, 0.2) is 29.8 Å². The molecule has 1 heterocycles. The molecule has 0 aliphatic heterocycles. The number of carbonyl (C=O) groups is 2. The number of nitrogens with one attached hydrogen (secondary N) is 2. The number of anilines is 1. The van der Waals surface area contributed by atoms with Crippen LogP contribution in [0.4, 0.5) is 5.13 Å². The number of aryl methyl sites for hydroxylation is 1. The van der Waals surface area contributed by atoms with Crippen molar-refractivity contribution in [1.82, 2.24) is 10.3 Å². The molecule has 6 heteroatoms. The van der Waals surface area contributed by atoms with Crippen LogP contribution in [0.5, 0.6) is 0 Å². The number of fused-ring (bicyclic) bond motifs is 1. The van der Waals surface area contributed by atoms with Gasteiger partial charge in [-0.15, -0.1) is 0 Å². The van der Waals surface area contributed by atoms with Crippen LogP contribution in [0.3, 0.4) is 0 Å². The monoisotopic (exact) mass is 399 g/mol. The minimum Gasteiger partial charge on any atom is -0.356 e. The maximum atomic E-state index is 12.1. The van der Waals surface area contributed by atoms with E-state index in [2.05, 4.69) is 27.8 Å². The second-order valence-electron chi connectivity index (χ2n) is 7.33. The van der Waals surface area contributed by atoms with E-state index in [1.165, 1.54) is 42.6 Å². The SMILES string of the molecule is CCCC(=O)Nc1nc2ccc(CCC(=O)NCCC3=CCCCC3)cc2s1. The molecular weight excluding hydrogens is 370 g/mol. The van der Waals surface area contributed by atoms with Crippen LogP contribution in [-0.4, -0.2) is 23.3 Å². The predicted octanol–water partition coefficient (Wildman–Crippen LogP) is 4.97.